The smallest absolute Gasteiger partial charge is 0.247 e. The van der Waals surface area contributed by atoms with Gasteiger partial charge in [0.25, 0.3) is 0 Å². The zero-order valence-electron chi connectivity index (χ0n) is 12.3. The van der Waals surface area contributed by atoms with Crippen molar-refractivity contribution in [3.63, 3.8) is 0 Å². The molecule has 2 aromatic carbocycles. The SMILES string of the molecule is CCCCc1ccc2ccccc2c1[Si]1CCCCO1. The van der Waals surface area contributed by atoms with Crippen molar-refractivity contribution in [2.24, 2.45) is 0 Å². The van der Waals surface area contributed by atoms with Gasteiger partial charge in [-0.05, 0) is 46.8 Å². The van der Waals surface area contributed by atoms with Crippen molar-refractivity contribution < 1.29 is 4.43 Å². The van der Waals surface area contributed by atoms with E-state index < -0.39 is 9.04 Å². The summed E-state index contributed by atoms with van der Waals surface area (Å²) in [5, 5.41) is 4.38. The molecule has 1 radical (unpaired) electrons. The van der Waals surface area contributed by atoms with Gasteiger partial charge < -0.3 is 4.43 Å². The van der Waals surface area contributed by atoms with Crippen molar-refractivity contribution in [3.05, 3.63) is 42.0 Å². The molecule has 0 unspecified atom stereocenters. The lowest BCUT2D eigenvalue weighted by atomic mass is 10.0. The summed E-state index contributed by atoms with van der Waals surface area (Å²) in [7, 11) is -0.810. The molecule has 1 heterocycles. The van der Waals surface area contributed by atoms with Crippen molar-refractivity contribution in [1.29, 1.82) is 0 Å². The monoisotopic (exact) mass is 283 g/mol. The average molecular weight is 283 g/mol. The van der Waals surface area contributed by atoms with Crippen molar-refractivity contribution in [2.75, 3.05) is 6.61 Å². The number of benzene rings is 2. The summed E-state index contributed by atoms with van der Waals surface area (Å²) in [6.45, 7) is 3.23. The highest BCUT2D eigenvalue weighted by molar-refractivity contribution is 6.70. The molecule has 2 heteroatoms. The van der Waals surface area contributed by atoms with Gasteiger partial charge in [0, 0.05) is 6.61 Å². The van der Waals surface area contributed by atoms with Crippen LogP contribution >= 0.6 is 0 Å². The molecule has 105 valence electrons. The second kappa shape index (κ2) is 6.55. The first-order valence-corrected chi connectivity index (χ1v) is 9.51. The lowest BCUT2D eigenvalue weighted by Crippen LogP contribution is -2.39. The van der Waals surface area contributed by atoms with Gasteiger partial charge in [-0.25, -0.2) is 0 Å². The number of hydrogen-bond donors (Lipinski definition) is 0. The number of unbranched alkanes of at least 4 members (excludes halogenated alkanes) is 1. The third kappa shape index (κ3) is 2.81. The van der Waals surface area contributed by atoms with Crippen LogP contribution in [0.2, 0.25) is 6.04 Å². The van der Waals surface area contributed by atoms with Crippen LogP contribution in [0.3, 0.4) is 0 Å². The molecule has 20 heavy (non-hydrogen) atoms. The van der Waals surface area contributed by atoms with Crippen molar-refractivity contribution >= 4 is 25.0 Å². The second-order valence-corrected chi connectivity index (χ2v) is 7.79. The molecule has 0 spiro atoms. The van der Waals surface area contributed by atoms with Gasteiger partial charge in [0.2, 0.25) is 9.04 Å². The first kappa shape index (κ1) is 13.8. The maximum Gasteiger partial charge on any atom is 0.247 e. The first-order valence-electron chi connectivity index (χ1n) is 7.90. The zero-order valence-corrected chi connectivity index (χ0v) is 13.3. The highest BCUT2D eigenvalue weighted by Crippen LogP contribution is 2.20. The van der Waals surface area contributed by atoms with E-state index in [0.29, 0.717) is 0 Å². The van der Waals surface area contributed by atoms with E-state index in [4.69, 9.17) is 4.43 Å². The van der Waals surface area contributed by atoms with Crippen LogP contribution in [0.25, 0.3) is 10.8 Å². The van der Waals surface area contributed by atoms with Gasteiger partial charge in [-0.3, -0.25) is 0 Å². The van der Waals surface area contributed by atoms with Gasteiger partial charge >= 0.3 is 0 Å². The minimum Gasteiger partial charge on any atom is -0.412 e. The minimum atomic E-state index is -0.810. The minimum absolute atomic E-state index is 0.810. The van der Waals surface area contributed by atoms with Crippen LogP contribution in [0.15, 0.2) is 36.4 Å². The Kier molecular flexibility index (Phi) is 4.53. The fraction of sp³-hybridized carbons (Fsp3) is 0.444. The lowest BCUT2D eigenvalue weighted by molar-refractivity contribution is 0.294. The molecule has 1 nitrogen and oxygen atoms in total. The van der Waals surface area contributed by atoms with E-state index in [1.807, 2.05) is 0 Å². The molecule has 2 aromatic rings. The summed E-state index contributed by atoms with van der Waals surface area (Å²) in [5.74, 6) is 0. The maximum absolute atomic E-state index is 6.19. The Morgan fingerprint density at radius 3 is 2.80 bits per heavy atom. The van der Waals surface area contributed by atoms with E-state index >= 15 is 0 Å². The quantitative estimate of drug-likeness (QED) is 0.764. The van der Waals surface area contributed by atoms with Crippen molar-refractivity contribution in [3.8, 4) is 0 Å². The Morgan fingerprint density at radius 1 is 1.10 bits per heavy atom. The number of hydrogen-bond acceptors (Lipinski definition) is 1. The molecular weight excluding hydrogens is 260 g/mol. The summed E-state index contributed by atoms with van der Waals surface area (Å²) in [6.07, 6.45) is 6.32. The largest absolute Gasteiger partial charge is 0.412 e. The first-order chi connectivity index (χ1) is 9.90. The standard InChI is InChI=1S/C18H23OSi/c1-2-3-8-16-12-11-15-9-4-5-10-17(15)18(16)20-14-7-6-13-19-20/h4-5,9-12H,2-3,6-8,13-14H2,1H3. The Hall–Kier alpha value is -1.12. The molecule has 1 aliphatic rings. The van der Waals surface area contributed by atoms with Crippen LogP contribution < -0.4 is 5.19 Å². The molecule has 0 aliphatic carbocycles. The Morgan fingerprint density at radius 2 is 2.00 bits per heavy atom. The maximum atomic E-state index is 6.19. The average Bonchev–Trinajstić information content (AvgIpc) is 2.53. The van der Waals surface area contributed by atoms with E-state index in [1.165, 1.54) is 48.9 Å². The van der Waals surface area contributed by atoms with E-state index in [1.54, 1.807) is 10.8 Å². The molecule has 0 saturated carbocycles. The fourth-order valence-electron chi connectivity index (χ4n) is 3.07. The molecule has 1 fully saturated rings. The van der Waals surface area contributed by atoms with Crippen molar-refractivity contribution in [2.45, 2.75) is 45.1 Å². The van der Waals surface area contributed by atoms with Gasteiger partial charge in [-0.1, -0.05) is 56.2 Å². The molecule has 0 amide bonds. The van der Waals surface area contributed by atoms with E-state index in [2.05, 4.69) is 43.3 Å². The number of rotatable bonds is 4. The summed E-state index contributed by atoms with van der Waals surface area (Å²) >= 11 is 0. The van der Waals surface area contributed by atoms with E-state index in [0.717, 1.165) is 6.61 Å². The van der Waals surface area contributed by atoms with Crippen LogP contribution in [0.4, 0.5) is 0 Å². The normalized spacial score (nSPS) is 16.6. The van der Waals surface area contributed by atoms with Gasteiger partial charge in [-0.15, -0.1) is 0 Å². The summed E-state index contributed by atoms with van der Waals surface area (Å²) in [4.78, 5) is 0. The van der Waals surface area contributed by atoms with Gasteiger partial charge in [0.05, 0.1) is 0 Å². The van der Waals surface area contributed by atoms with Crippen LogP contribution in [0.5, 0.6) is 0 Å². The molecule has 3 rings (SSSR count). The Balaban J connectivity index is 2.07. The molecule has 0 atom stereocenters. The van der Waals surface area contributed by atoms with Crippen LogP contribution in [0.1, 0.15) is 38.2 Å². The molecule has 1 saturated heterocycles. The second-order valence-electron chi connectivity index (χ2n) is 5.65. The van der Waals surface area contributed by atoms with Crippen molar-refractivity contribution in [1.82, 2.24) is 0 Å². The summed E-state index contributed by atoms with van der Waals surface area (Å²) < 4.78 is 6.19. The highest BCUT2D eigenvalue weighted by Gasteiger charge is 2.24. The molecular formula is C18H23OSi. The zero-order chi connectivity index (χ0) is 13.8. The van der Waals surface area contributed by atoms with E-state index in [-0.39, 0.29) is 0 Å². The van der Waals surface area contributed by atoms with Gasteiger partial charge in [0.1, 0.15) is 0 Å². The third-order valence-corrected chi connectivity index (χ3v) is 6.68. The number of aryl methyl sites for hydroxylation is 1. The molecule has 0 aromatic heterocycles. The topological polar surface area (TPSA) is 9.23 Å². The van der Waals surface area contributed by atoms with E-state index in [9.17, 15) is 0 Å². The molecule has 1 aliphatic heterocycles. The fourth-order valence-corrected chi connectivity index (χ4v) is 5.67. The highest BCUT2D eigenvalue weighted by atomic mass is 28.3. The Labute approximate surface area is 123 Å². The summed E-state index contributed by atoms with van der Waals surface area (Å²) in [5.41, 5.74) is 1.54. The van der Waals surface area contributed by atoms with Gasteiger partial charge in [-0.2, -0.15) is 0 Å². The molecule has 0 bridgehead atoms. The van der Waals surface area contributed by atoms with Gasteiger partial charge in [0.15, 0.2) is 0 Å². The van der Waals surface area contributed by atoms with Crippen LogP contribution in [0, 0.1) is 0 Å². The lowest BCUT2D eigenvalue weighted by Gasteiger charge is -2.24. The summed E-state index contributed by atoms with van der Waals surface area (Å²) in [6, 6.07) is 14.7. The number of fused-ring (bicyclic) bond motifs is 1. The Bertz CT molecular complexity index is 573. The predicted molar refractivity (Wildman–Crippen MR) is 87.9 cm³/mol. The third-order valence-electron chi connectivity index (χ3n) is 4.17. The van der Waals surface area contributed by atoms with Crippen LogP contribution in [-0.4, -0.2) is 15.6 Å². The predicted octanol–water partition coefficient (Wildman–Crippen LogP) is 4.19. The van der Waals surface area contributed by atoms with Crippen LogP contribution in [-0.2, 0) is 10.8 Å². The molecule has 0 N–H and O–H groups in total.